The number of nitro groups is 1. The van der Waals surface area contributed by atoms with Crippen molar-refractivity contribution < 1.29 is 23.9 Å². The zero-order chi connectivity index (χ0) is 30.3. The SMILES string of the molecule is COc1ccc(-n2c(=O)n(C)c3c(C)nc(N(C(=O)Oc4cnc([N+](=O)[O-])n4C)c4ccc(OC)cc4C)cc32)cc1. The van der Waals surface area contributed by atoms with Crippen LogP contribution in [-0.2, 0) is 14.1 Å². The van der Waals surface area contributed by atoms with Crippen LogP contribution in [0.15, 0.2) is 59.5 Å². The Morgan fingerprint density at radius 1 is 0.976 bits per heavy atom. The van der Waals surface area contributed by atoms with Crippen molar-refractivity contribution >= 4 is 34.6 Å². The van der Waals surface area contributed by atoms with Gasteiger partial charge in [-0.2, -0.15) is 4.57 Å². The summed E-state index contributed by atoms with van der Waals surface area (Å²) in [4.78, 5) is 47.5. The number of aromatic nitrogens is 5. The molecule has 14 heteroatoms. The molecule has 0 unspecified atom stereocenters. The lowest BCUT2D eigenvalue weighted by Crippen LogP contribution is -2.31. The first-order valence-corrected chi connectivity index (χ1v) is 12.6. The smallest absolute Gasteiger partial charge is 0.437 e. The van der Waals surface area contributed by atoms with Crippen molar-refractivity contribution in [2.75, 3.05) is 19.1 Å². The van der Waals surface area contributed by atoms with Gasteiger partial charge in [0.25, 0.3) is 0 Å². The number of carbonyl (C=O) groups is 1. The molecular weight excluding hydrogens is 546 g/mol. The highest BCUT2D eigenvalue weighted by Gasteiger charge is 2.29. The number of aryl methyl sites for hydroxylation is 3. The number of anilines is 2. The summed E-state index contributed by atoms with van der Waals surface area (Å²) in [5.41, 5.74) is 2.89. The quantitative estimate of drug-likeness (QED) is 0.205. The molecule has 0 saturated carbocycles. The fraction of sp³-hybridized carbons (Fsp3) is 0.214. The van der Waals surface area contributed by atoms with Gasteiger partial charge in [0.15, 0.2) is 6.20 Å². The number of imidazole rings is 2. The summed E-state index contributed by atoms with van der Waals surface area (Å²) in [6.45, 7) is 3.52. The third kappa shape index (κ3) is 4.68. The van der Waals surface area contributed by atoms with Gasteiger partial charge in [0, 0.05) is 13.1 Å². The molecule has 3 aromatic heterocycles. The molecule has 0 aliphatic heterocycles. The monoisotopic (exact) mass is 573 g/mol. The van der Waals surface area contributed by atoms with Crippen molar-refractivity contribution in [3.8, 4) is 23.1 Å². The van der Waals surface area contributed by atoms with Crippen LogP contribution in [0.4, 0.5) is 22.2 Å². The maximum atomic E-state index is 13.8. The second-order valence-corrected chi connectivity index (χ2v) is 9.38. The van der Waals surface area contributed by atoms with Crippen molar-refractivity contribution in [1.29, 1.82) is 0 Å². The first-order valence-electron chi connectivity index (χ1n) is 12.6. The Morgan fingerprint density at radius 2 is 1.64 bits per heavy atom. The van der Waals surface area contributed by atoms with Crippen LogP contribution in [0.1, 0.15) is 11.3 Å². The maximum Gasteiger partial charge on any atom is 0.437 e. The van der Waals surface area contributed by atoms with Gasteiger partial charge in [-0.05, 0) is 66.8 Å². The van der Waals surface area contributed by atoms with Gasteiger partial charge in [-0.15, -0.1) is 0 Å². The van der Waals surface area contributed by atoms with Crippen molar-refractivity contribution in [2.24, 2.45) is 14.1 Å². The minimum atomic E-state index is -0.901. The summed E-state index contributed by atoms with van der Waals surface area (Å²) in [6, 6.07) is 13.7. The lowest BCUT2D eigenvalue weighted by Gasteiger charge is -2.23. The van der Waals surface area contributed by atoms with Gasteiger partial charge in [-0.3, -0.25) is 9.13 Å². The number of rotatable bonds is 7. The van der Waals surface area contributed by atoms with Crippen LogP contribution in [0.5, 0.6) is 17.4 Å². The van der Waals surface area contributed by atoms with Crippen LogP contribution >= 0.6 is 0 Å². The number of fused-ring (bicyclic) bond motifs is 1. The molecule has 0 aliphatic rings. The van der Waals surface area contributed by atoms with Crippen molar-refractivity contribution in [3.63, 3.8) is 0 Å². The number of nitrogens with zero attached hydrogens (tertiary/aromatic N) is 7. The average Bonchev–Trinajstić information content (AvgIpc) is 3.45. The average molecular weight is 574 g/mol. The summed E-state index contributed by atoms with van der Waals surface area (Å²) < 4.78 is 20.3. The van der Waals surface area contributed by atoms with Crippen LogP contribution in [0, 0.1) is 24.0 Å². The number of hydrogen-bond acceptors (Lipinski definition) is 9. The number of amides is 1. The van der Waals surface area contributed by atoms with E-state index >= 15 is 0 Å². The number of hydrogen-bond donors (Lipinski definition) is 0. The van der Waals surface area contributed by atoms with E-state index < -0.39 is 17.0 Å². The topological polar surface area (TPSA) is 149 Å². The Labute approximate surface area is 239 Å². The molecule has 42 heavy (non-hydrogen) atoms. The minimum Gasteiger partial charge on any atom is -0.497 e. The Morgan fingerprint density at radius 3 is 2.24 bits per heavy atom. The highest BCUT2D eigenvalue weighted by atomic mass is 16.6. The molecule has 5 rings (SSSR count). The number of methoxy groups -OCH3 is 2. The number of pyridine rings is 1. The van der Waals surface area contributed by atoms with Gasteiger partial charge < -0.3 is 24.3 Å². The molecule has 3 heterocycles. The summed E-state index contributed by atoms with van der Waals surface area (Å²) in [5.74, 6) is 0.721. The Hall–Kier alpha value is -5.66. The molecule has 14 nitrogen and oxygen atoms in total. The summed E-state index contributed by atoms with van der Waals surface area (Å²) in [7, 11) is 6.10. The van der Waals surface area contributed by atoms with Gasteiger partial charge in [0.2, 0.25) is 0 Å². The number of carbonyl (C=O) groups excluding carboxylic acids is 1. The molecule has 0 aliphatic carbocycles. The van der Waals surface area contributed by atoms with E-state index in [-0.39, 0.29) is 17.4 Å². The highest BCUT2D eigenvalue weighted by Crippen LogP contribution is 2.34. The molecule has 0 atom stereocenters. The van der Waals surface area contributed by atoms with Gasteiger partial charge in [0.1, 0.15) is 17.3 Å². The molecular formula is C28H27N7O7. The van der Waals surface area contributed by atoms with Crippen molar-refractivity contribution in [1.82, 2.24) is 23.7 Å². The zero-order valence-corrected chi connectivity index (χ0v) is 23.7. The van der Waals surface area contributed by atoms with E-state index in [9.17, 15) is 19.7 Å². The van der Waals surface area contributed by atoms with E-state index in [1.807, 2.05) is 0 Å². The van der Waals surface area contributed by atoms with Gasteiger partial charge in [-0.25, -0.2) is 19.5 Å². The Balaban J connectivity index is 1.71. The normalized spacial score (nSPS) is 11.0. The fourth-order valence-corrected chi connectivity index (χ4v) is 4.77. The van der Waals surface area contributed by atoms with Crippen LogP contribution in [0.25, 0.3) is 16.7 Å². The first-order chi connectivity index (χ1) is 20.0. The number of ether oxygens (including phenoxy) is 3. The van der Waals surface area contributed by atoms with Gasteiger partial charge in [0.05, 0.1) is 49.4 Å². The lowest BCUT2D eigenvalue weighted by atomic mass is 10.1. The van der Waals surface area contributed by atoms with Crippen LogP contribution in [0.3, 0.4) is 0 Å². The molecule has 0 saturated heterocycles. The second kappa shape index (κ2) is 10.7. The van der Waals surface area contributed by atoms with E-state index in [0.29, 0.717) is 45.2 Å². The summed E-state index contributed by atoms with van der Waals surface area (Å²) in [5, 5.41) is 11.3. The Kier molecular flexibility index (Phi) is 7.12. The second-order valence-electron chi connectivity index (χ2n) is 9.38. The van der Waals surface area contributed by atoms with Gasteiger partial charge >= 0.3 is 23.6 Å². The predicted molar refractivity (Wildman–Crippen MR) is 153 cm³/mol. The van der Waals surface area contributed by atoms with Crippen molar-refractivity contribution in [2.45, 2.75) is 13.8 Å². The van der Waals surface area contributed by atoms with E-state index in [2.05, 4.69) is 9.97 Å². The summed E-state index contributed by atoms with van der Waals surface area (Å²) >= 11 is 0. The van der Waals surface area contributed by atoms with E-state index in [1.54, 1.807) is 76.5 Å². The van der Waals surface area contributed by atoms with Crippen LogP contribution in [-0.4, -0.2) is 48.9 Å². The van der Waals surface area contributed by atoms with E-state index in [1.165, 1.54) is 28.2 Å². The van der Waals surface area contributed by atoms with E-state index in [0.717, 1.165) is 10.8 Å². The molecule has 0 fully saturated rings. The fourth-order valence-electron chi connectivity index (χ4n) is 4.77. The largest absolute Gasteiger partial charge is 0.497 e. The molecule has 0 spiro atoms. The molecule has 2 aromatic carbocycles. The molecule has 216 valence electrons. The van der Waals surface area contributed by atoms with E-state index in [4.69, 9.17) is 14.2 Å². The Bertz CT molecular complexity index is 1900. The lowest BCUT2D eigenvalue weighted by molar-refractivity contribution is -0.396. The first kappa shape index (κ1) is 27.9. The maximum absolute atomic E-state index is 13.8. The molecule has 1 amide bonds. The van der Waals surface area contributed by atoms with Crippen molar-refractivity contribution in [3.05, 3.63) is 86.6 Å². The third-order valence-electron chi connectivity index (χ3n) is 6.85. The minimum absolute atomic E-state index is 0.143. The van der Waals surface area contributed by atoms with Gasteiger partial charge in [-0.1, -0.05) is 4.98 Å². The van der Waals surface area contributed by atoms with Crippen LogP contribution < -0.4 is 24.8 Å². The molecule has 0 bridgehead atoms. The molecule has 5 aromatic rings. The number of benzene rings is 2. The van der Waals surface area contributed by atoms with Crippen LogP contribution in [0.2, 0.25) is 0 Å². The summed E-state index contributed by atoms with van der Waals surface area (Å²) in [6.07, 6.45) is 0.192. The predicted octanol–water partition coefficient (Wildman–Crippen LogP) is 4.34. The zero-order valence-electron chi connectivity index (χ0n) is 23.7. The standard InChI is InChI=1S/C28H27N7O7/c1-16-13-20(41-6)11-12-21(16)34(28(37)42-24-15-29-26(31(24)3)35(38)39)23-14-22-25(17(2)30-23)32(4)27(36)33(22)18-7-9-19(40-5)10-8-18/h7-15H,1-6H3. The molecule has 0 radical (unpaired) electrons. The third-order valence-corrected chi connectivity index (χ3v) is 6.85. The molecule has 0 N–H and O–H groups in total. The highest BCUT2D eigenvalue weighted by molar-refractivity contribution is 5.99.